The predicted molar refractivity (Wildman–Crippen MR) is 566 cm³/mol. The molecule has 0 N–H and O–H groups in total. The molecule has 0 aliphatic rings. The van der Waals surface area contributed by atoms with Crippen molar-refractivity contribution >= 4 is 152 Å². The molecule has 0 aliphatic carbocycles. The molecule has 0 saturated carbocycles. The Morgan fingerprint density at radius 3 is 1.07 bits per heavy atom. The zero-order chi connectivity index (χ0) is 89.4. The van der Waals surface area contributed by atoms with Gasteiger partial charge in [-0.3, -0.25) is 0 Å². The summed E-state index contributed by atoms with van der Waals surface area (Å²) in [6, 6.07) is 169. The second kappa shape index (κ2) is 31.7. The van der Waals surface area contributed by atoms with Crippen molar-refractivity contribution in [3.63, 3.8) is 0 Å². The summed E-state index contributed by atoms with van der Waals surface area (Å²) >= 11 is 0. The molecule has 6 heterocycles. The molecule has 136 heavy (non-hydrogen) atoms. The van der Waals surface area contributed by atoms with E-state index in [9.17, 15) is 0 Å². The van der Waals surface area contributed by atoms with Gasteiger partial charge in [-0.1, -0.05) is 376 Å². The third kappa shape index (κ3) is 12.7. The van der Waals surface area contributed by atoms with Crippen molar-refractivity contribution in [1.82, 2.24) is 48.2 Å². The largest absolute Gasteiger partial charge is 0.309 e. The molecule has 22 aromatic carbocycles. The first-order valence-electron chi connectivity index (χ1n) is 46.2. The number of nitrogens with zero attached hydrogens (tertiary/aromatic N) is 10. The zero-order valence-corrected chi connectivity index (χ0v) is 73.5. The first kappa shape index (κ1) is 77.6. The van der Waals surface area contributed by atoms with Crippen molar-refractivity contribution < 1.29 is 0 Å². The minimum atomic E-state index is 0.623. The Balaban J connectivity index is 0.000000138. The van der Waals surface area contributed by atoms with Crippen molar-refractivity contribution in [2.45, 2.75) is 0 Å². The molecule has 28 aromatic rings. The summed E-state index contributed by atoms with van der Waals surface area (Å²) in [4.78, 5) is 31.2. The van der Waals surface area contributed by atoms with E-state index in [-0.39, 0.29) is 0 Å². The minimum absolute atomic E-state index is 0.623. The Kier molecular flexibility index (Phi) is 18.1. The van der Waals surface area contributed by atoms with E-state index in [0.29, 0.717) is 34.9 Å². The van der Waals surface area contributed by atoms with Crippen LogP contribution in [-0.2, 0) is 0 Å². The molecular weight excluding hydrogens is 1650 g/mol. The minimum Gasteiger partial charge on any atom is -0.309 e. The average molecular weight is 1730 g/mol. The van der Waals surface area contributed by atoms with E-state index < -0.39 is 0 Å². The monoisotopic (exact) mass is 1730 g/mol. The van der Waals surface area contributed by atoms with Crippen LogP contribution in [-0.4, -0.2) is 48.2 Å². The Bertz CT molecular complexity index is 9740. The molecule has 10 nitrogen and oxygen atoms in total. The van der Waals surface area contributed by atoms with Gasteiger partial charge in [-0.2, -0.15) is 0 Å². The lowest BCUT2D eigenvalue weighted by Gasteiger charge is -2.16. The molecule has 10 heteroatoms. The Morgan fingerprint density at radius 2 is 0.478 bits per heavy atom. The normalized spacial score (nSPS) is 11.8. The van der Waals surface area contributed by atoms with Gasteiger partial charge in [0, 0.05) is 98.3 Å². The summed E-state index contributed by atoms with van der Waals surface area (Å²) in [6.45, 7) is 0. The number of fused-ring (bicyclic) bond motifs is 20. The molecule has 0 fully saturated rings. The van der Waals surface area contributed by atoms with Gasteiger partial charge in [0.05, 0.1) is 61.2 Å². The topological polar surface area (TPSA) is 97.1 Å². The SMILES string of the molecule is c1ccc(-c2ccc(-c3nc(-c4ccccc4)nc(-c4ccc(-n5c6ccccc6c6cc7cc(-n8c9ccccc9c9c%10ccccc%10ccc98)ccc7cc65)c5ccccc45)n3)cc2)cc1.c1ccc(-c2nc(-c3ccccc3-c3ccccc3)nc(-c3cccc4c(-n5c6ccccc6c6cc7c(-n8c9ccccc9c9c%10ccccc%10ccc98)cccc7cc65)cccc34)n2)cc1. The maximum atomic E-state index is 5.31. The van der Waals surface area contributed by atoms with E-state index in [1.165, 1.54) is 114 Å². The van der Waals surface area contributed by atoms with Crippen LogP contribution in [0.3, 0.4) is 0 Å². The van der Waals surface area contributed by atoms with Gasteiger partial charge in [-0.15, -0.1) is 0 Å². The fraction of sp³-hybridized carbons (Fsp3) is 0. The predicted octanol–water partition coefficient (Wildman–Crippen LogP) is 32.4. The van der Waals surface area contributed by atoms with Gasteiger partial charge in [0.2, 0.25) is 0 Å². The molecule has 0 amide bonds. The first-order valence-corrected chi connectivity index (χ1v) is 46.2. The summed E-state index contributed by atoms with van der Waals surface area (Å²) in [5, 5.41) is 24.0. The molecule has 0 saturated heterocycles. The molecular formula is C126H78N10. The lowest BCUT2D eigenvalue weighted by molar-refractivity contribution is 1.08. The molecule has 28 rings (SSSR count). The number of para-hydroxylation sites is 4. The van der Waals surface area contributed by atoms with Crippen molar-refractivity contribution in [2.75, 3.05) is 0 Å². The second-order valence-electron chi connectivity index (χ2n) is 35.1. The Hall–Kier alpha value is -18.4. The summed E-state index contributed by atoms with van der Waals surface area (Å²) in [5.74, 6) is 3.78. The van der Waals surface area contributed by atoms with Crippen molar-refractivity contribution in [1.29, 1.82) is 0 Å². The highest BCUT2D eigenvalue weighted by molar-refractivity contribution is 6.25. The highest BCUT2D eigenvalue weighted by Crippen LogP contribution is 2.47. The Morgan fingerprint density at radius 1 is 0.132 bits per heavy atom. The van der Waals surface area contributed by atoms with Crippen LogP contribution >= 0.6 is 0 Å². The van der Waals surface area contributed by atoms with Crippen LogP contribution in [0, 0.1) is 0 Å². The smallest absolute Gasteiger partial charge is 0.164 e. The molecule has 0 atom stereocenters. The fourth-order valence-corrected chi connectivity index (χ4v) is 21.3. The number of hydrogen-bond donors (Lipinski definition) is 0. The van der Waals surface area contributed by atoms with E-state index in [2.05, 4.69) is 443 Å². The van der Waals surface area contributed by atoms with E-state index in [1.54, 1.807) is 0 Å². The quantitative estimate of drug-likeness (QED) is 0.121. The Labute approximate surface area is 781 Å². The van der Waals surface area contributed by atoms with Crippen molar-refractivity contribution in [3.8, 4) is 113 Å². The number of benzene rings is 22. The highest BCUT2D eigenvalue weighted by Gasteiger charge is 2.26. The van der Waals surface area contributed by atoms with E-state index in [0.717, 1.165) is 116 Å². The van der Waals surface area contributed by atoms with Gasteiger partial charge in [-0.25, -0.2) is 29.9 Å². The molecule has 0 spiro atoms. The van der Waals surface area contributed by atoms with Crippen molar-refractivity contribution in [2.24, 2.45) is 0 Å². The van der Waals surface area contributed by atoms with Gasteiger partial charge in [0.15, 0.2) is 34.9 Å². The van der Waals surface area contributed by atoms with Crippen LogP contribution in [0.25, 0.3) is 265 Å². The average Bonchev–Trinajstić information content (AvgIpc) is 1.40. The molecule has 0 radical (unpaired) electrons. The lowest BCUT2D eigenvalue weighted by Crippen LogP contribution is -2.02. The molecule has 0 aliphatic heterocycles. The number of rotatable bonds is 12. The van der Waals surface area contributed by atoms with Crippen LogP contribution < -0.4 is 0 Å². The number of hydrogen-bond acceptors (Lipinski definition) is 6. The van der Waals surface area contributed by atoms with Crippen LogP contribution in [0.5, 0.6) is 0 Å². The van der Waals surface area contributed by atoms with Crippen LogP contribution in [0.2, 0.25) is 0 Å². The van der Waals surface area contributed by atoms with E-state index in [1.807, 2.05) is 48.5 Å². The van der Waals surface area contributed by atoms with Gasteiger partial charge in [-0.05, 0) is 168 Å². The third-order valence-electron chi connectivity index (χ3n) is 27.5. The highest BCUT2D eigenvalue weighted by atomic mass is 15.1. The summed E-state index contributed by atoms with van der Waals surface area (Å²) < 4.78 is 9.77. The summed E-state index contributed by atoms with van der Waals surface area (Å²) in [5.41, 5.74) is 24.0. The zero-order valence-electron chi connectivity index (χ0n) is 73.5. The van der Waals surface area contributed by atoms with Gasteiger partial charge in [0.1, 0.15) is 0 Å². The van der Waals surface area contributed by atoms with Crippen LogP contribution in [0.1, 0.15) is 0 Å². The van der Waals surface area contributed by atoms with Crippen LogP contribution in [0.15, 0.2) is 473 Å². The standard InChI is InChI=1S/2C63H39N5/c1-3-18-40(19-4-1)44-24-9-10-27-49(44)62-64-61(42-21-5-2-6-22-42)65-63(66-62)50-31-16-30-47-46(50)29-17-35-55(47)68-54-32-13-11-26-48(54)53-39-52-43(38-59(53)68)23-15-34-57(52)67-56-33-14-12-28-51(56)60-45-25-8-7-20-41(45)36-37-58(60)67;1-3-15-40(16-4-1)41-27-29-44(30-28-41)62-64-61(43-18-5-2-6-19-43)65-63(66-62)52-34-36-57(50-22-10-9-21-49(50)52)68-55-25-13-11-23-51(55)54-38-46-37-47(33-31-45(46)39-59(54)68)67-56-26-14-12-24-53(56)60-48-20-8-7-17-42(48)32-35-58(60)67/h2*1-39H. The first-order chi connectivity index (χ1) is 67.5. The maximum absolute atomic E-state index is 5.31. The van der Waals surface area contributed by atoms with Gasteiger partial charge >= 0.3 is 0 Å². The molecule has 632 valence electrons. The third-order valence-corrected chi connectivity index (χ3v) is 27.5. The fourth-order valence-electron chi connectivity index (χ4n) is 21.3. The maximum Gasteiger partial charge on any atom is 0.164 e. The molecule has 6 aromatic heterocycles. The van der Waals surface area contributed by atoms with E-state index >= 15 is 0 Å². The summed E-state index contributed by atoms with van der Waals surface area (Å²) in [6.07, 6.45) is 0. The lowest BCUT2D eigenvalue weighted by atomic mass is 9.99. The number of aromatic nitrogens is 10. The van der Waals surface area contributed by atoms with Crippen LogP contribution in [0.4, 0.5) is 0 Å². The molecule has 0 unspecified atom stereocenters. The van der Waals surface area contributed by atoms with Crippen molar-refractivity contribution in [3.05, 3.63) is 473 Å². The molecule has 0 bridgehead atoms. The summed E-state index contributed by atoms with van der Waals surface area (Å²) in [7, 11) is 0. The second-order valence-corrected chi connectivity index (χ2v) is 35.1. The van der Waals surface area contributed by atoms with E-state index in [4.69, 9.17) is 29.9 Å². The van der Waals surface area contributed by atoms with Gasteiger partial charge < -0.3 is 18.3 Å². The van der Waals surface area contributed by atoms with Gasteiger partial charge in [0.25, 0.3) is 0 Å².